The van der Waals surface area contributed by atoms with Crippen molar-refractivity contribution in [3.63, 3.8) is 0 Å². The van der Waals surface area contributed by atoms with Crippen molar-refractivity contribution in [1.82, 2.24) is 4.98 Å². The van der Waals surface area contributed by atoms with Crippen LogP contribution in [-0.2, 0) is 0 Å². The molecule has 0 bridgehead atoms. The largest absolute Gasteiger partial charge is 0.506 e. The number of anilines is 1. The van der Waals surface area contributed by atoms with E-state index in [9.17, 15) is 9.90 Å². The van der Waals surface area contributed by atoms with Gasteiger partial charge in [-0.15, -0.1) is 11.3 Å². The van der Waals surface area contributed by atoms with Gasteiger partial charge in [0.1, 0.15) is 11.4 Å². The van der Waals surface area contributed by atoms with E-state index in [1.165, 1.54) is 23.5 Å². The van der Waals surface area contributed by atoms with Crippen molar-refractivity contribution >= 4 is 34.5 Å². The molecule has 2 rings (SSSR count). The van der Waals surface area contributed by atoms with Gasteiger partial charge in [0.15, 0.2) is 0 Å². The quantitative estimate of drug-likeness (QED) is 0.866. The number of hydrogen-bond donors (Lipinski definition) is 2. The Morgan fingerprint density at radius 3 is 2.94 bits per heavy atom. The molecule has 1 heterocycles. The second-order valence-electron chi connectivity index (χ2n) is 2.99. The monoisotopic (exact) mass is 254 g/mol. The molecule has 0 radical (unpaired) electrons. The van der Waals surface area contributed by atoms with Gasteiger partial charge in [-0.2, -0.15) is 0 Å². The van der Waals surface area contributed by atoms with E-state index < -0.39 is 0 Å². The van der Waals surface area contributed by atoms with Gasteiger partial charge in [0.2, 0.25) is 0 Å². The summed E-state index contributed by atoms with van der Waals surface area (Å²) in [6.07, 6.45) is 0. The molecule has 1 aromatic heterocycles. The maximum Gasteiger partial charge on any atom is 0.275 e. The Morgan fingerprint density at radius 1 is 1.50 bits per heavy atom. The summed E-state index contributed by atoms with van der Waals surface area (Å²) in [5, 5.41) is 13.8. The Morgan fingerprint density at radius 2 is 2.31 bits per heavy atom. The van der Waals surface area contributed by atoms with E-state index in [-0.39, 0.29) is 16.7 Å². The zero-order chi connectivity index (χ0) is 11.5. The highest BCUT2D eigenvalue weighted by Crippen LogP contribution is 2.26. The number of nitrogens with zero attached hydrogens (tertiary/aromatic N) is 1. The van der Waals surface area contributed by atoms with Gasteiger partial charge in [-0.3, -0.25) is 4.79 Å². The molecule has 0 aliphatic heterocycles. The van der Waals surface area contributed by atoms with Crippen molar-refractivity contribution in [3.8, 4) is 5.75 Å². The Balaban J connectivity index is 2.15. The number of halogens is 1. The number of amides is 1. The smallest absolute Gasteiger partial charge is 0.275 e. The molecule has 0 spiro atoms. The molecule has 0 atom stereocenters. The van der Waals surface area contributed by atoms with Crippen molar-refractivity contribution in [1.29, 1.82) is 0 Å². The minimum absolute atomic E-state index is 0.0715. The molecule has 1 amide bonds. The van der Waals surface area contributed by atoms with Gasteiger partial charge >= 0.3 is 0 Å². The lowest BCUT2D eigenvalue weighted by Crippen LogP contribution is -2.11. The van der Waals surface area contributed by atoms with Crippen molar-refractivity contribution in [2.75, 3.05) is 5.32 Å². The number of phenols is 1. The van der Waals surface area contributed by atoms with Gasteiger partial charge in [-0.05, 0) is 12.1 Å². The predicted molar refractivity (Wildman–Crippen MR) is 63.2 cm³/mol. The third kappa shape index (κ3) is 2.32. The van der Waals surface area contributed by atoms with Crippen LogP contribution in [0.2, 0.25) is 5.02 Å². The van der Waals surface area contributed by atoms with E-state index in [1.807, 2.05) is 0 Å². The first-order chi connectivity index (χ1) is 7.66. The molecular weight excluding hydrogens is 248 g/mol. The number of benzene rings is 1. The van der Waals surface area contributed by atoms with Crippen molar-refractivity contribution in [3.05, 3.63) is 39.8 Å². The van der Waals surface area contributed by atoms with Crippen molar-refractivity contribution in [2.45, 2.75) is 0 Å². The van der Waals surface area contributed by atoms with Crippen LogP contribution in [0.15, 0.2) is 29.1 Å². The number of thiazole rings is 1. The van der Waals surface area contributed by atoms with E-state index in [0.717, 1.165) is 0 Å². The normalized spacial score (nSPS) is 10.1. The molecule has 16 heavy (non-hydrogen) atoms. The van der Waals surface area contributed by atoms with E-state index in [2.05, 4.69) is 10.3 Å². The maximum absolute atomic E-state index is 11.6. The standard InChI is InChI=1S/C10H7ClN2O2S/c11-7-2-1-6(3-9(7)14)13-10(15)8-4-16-5-12-8/h1-5,14H,(H,13,15). The first-order valence-corrected chi connectivity index (χ1v) is 5.67. The van der Waals surface area contributed by atoms with Crippen molar-refractivity contribution in [2.24, 2.45) is 0 Å². The number of carbonyl (C=O) groups is 1. The Hall–Kier alpha value is -1.59. The van der Waals surface area contributed by atoms with E-state index in [1.54, 1.807) is 17.0 Å². The molecule has 0 saturated carbocycles. The van der Waals surface area contributed by atoms with Crippen LogP contribution >= 0.6 is 22.9 Å². The number of aromatic hydroxyl groups is 1. The fourth-order valence-electron chi connectivity index (χ4n) is 1.11. The molecule has 2 N–H and O–H groups in total. The molecule has 0 fully saturated rings. The van der Waals surface area contributed by atoms with Crippen LogP contribution in [0.4, 0.5) is 5.69 Å². The molecule has 0 aliphatic carbocycles. The third-order valence-electron chi connectivity index (χ3n) is 1.87. The highest BCUT2D eigenvalue weighted by atomic mass is 35.5. The second-order valence-corrected chi connectivity index (χ2v) is 4.12. The molecule has 82 valence electrons. The van der Waals surface area contributed by atoms with Crippen LogP contribution in [-0.4, -0.2) is 16.0 Å². The van der Waals surface area contributed by atoms with Crippen LogP contribution in [0, 0.1) is 0 Å². The van der Waals surface area contributed by atoms with Crippen LogP contribution in [0.25, 0.3) is 0 Å². The lowest BCUT2D eigenvalue weighted by Gasteiger charge is -2.04. The summed E-state index contributed by atoms with van der Waals surface area (Å²) in [5.41, 5.74) is 2.40. The summed E-state index contributed by atoms with van der Waals surface area (Å²) < 4.78 is 0. The Bertz CT molecular complexity index is 514. The molecule has 2 aromatic rings. The average molecular weight is 255 g/mol. The van der Waals surface area contributed by atoms with Crippen LogP contribution in [0.1, 0.15) is 10.5 Å². The van der Waals surface area contributed by atoms with E-state index in [4.69, 9.17) is 11.6 Å². The van der Waals surface area contributed by atoms with E-state index >= 15 is 0 Å². The molecule has 1 aromatic carbocycles. The number of phenolic OH excluding ortho intramolecular Hbond substituents is 1. The number of nitrogens with one attached hydrogen (secondary N) is 1. The Kier molecular flexibility index (Phi) is 3.07. The van der Waals surface area contributed by atoms with Crippen LogP contribution in [0.3, 0.4) is 0 Å². The van der Waals surface area contributed by atoms with Gasteiger partial charge in [0, 0.05) is 17.1 Å². The first-order valence-electron chi connectivity index (χ1n) is 4.35. The number of carbonyl (C=O) groups excluding carboxylic acids is 1. The molecule has 4 nitrogen and oxygen atoms in total. The lowest BCUT2D eigenvalue weighted by atomic mass is 10.3. The fourth-order valence-corrected chi connectivity index (χ4v) is 1.76. The number of hydrogen-bond acceptors (Lipinski definition) is 4. The highest BCUT2D eigenvalue weighted by Gasteiger charge is 2.08. The molecule has 0 saturated heterocycles. The number of rotatable bonds is 2. The van der Waals surface area contributed by atoms with Gasteiger partial charge in [-0.25, -0.2) is 4.98 Å². The second kappa shape index (κ2) is 4.51. The molecular formula is C10H7ClN2O2S. The number of aromatic nitrogens is 1. The fraction of sp³-hybridized carbons (Fsp3) is 0. The van der Waals surface area contributed by atoms with Crippen molar-refractivity contribution < 1.29 is 9.90 Å². The minimum Gasteiger partial charge on any atom is -0.506 e. The van der Waals surface area contributed by atoms with Gasteiger partial charge in [0.25, 0.3) is 5.91 Å². The van der Waals surface area contributed by atoms with Crippen LogP contribution < -0.4 is 5.32 Å². The summed E-state index contributed by atoms with van der Waals surface area (Å²) in [6, 6.07) is 4.49. The average Bonchev–Trinajstić information content (AvgIpc) is 2.77. The summed E-state index contributed by atoms with van der Waals surface area (Å²) >= 11 is 6.99. The van der Waals surface area contributed by atoms with Gasteiger partial charge in [0.05, 0.1) is 10.5 Å². The van der Waals surface area contributed by atoms with Gasteiger partial charge < -0.3 is 10.4 Å². The zero-order valence-electron chi connectivity index (χ0n) is 7.98. The summed E-state index contributed by atoms with van der Waals surface area (Å²) in [4.78, 5) is 15.5. The SMILES string of the molecule is O=C(Nc1ccc(Cl)c(O)c1)c1cscn1. The maximum atomic E-state index is 11.6. The molecule has 6 heteroatoms. The lowest BCUT2D eigenvalue weighted by molar-refractivity contribution is 0.102. The third-order valence-corrected chi connectivity index (χ3v) is 2.78. The first kappa shape index (κ1) is 10.9. The molecule has 0 unspecified atom stereocenters. The minimum atomic E-state index is -0.317. The van der Waals surface area contributed by atoms with Crippen LogP contribution in [0.5, 0.6) is 5.75 Å². The zero-order valence-corrected chi connectivity index (χ0v) is 9.55. The molecule has 0 aliphatic rings. The Labute approximate surface area is 101 Å². The highest BCUT2D eigenvalue weighted by molar-refractivity contribution is 7.07. The topological polar surface area (TPSA) is 62.2 Å². The summed E-state index contributed by atoms with van der Waals surface area (Å²) in [5.74, 6) is -0.388. The van der Waals surface area contributed by atoms with Gasteiger partial charge in [-0.1, -0.05) is 11.6 Å². The summed E-state index contributed by atoms with van der Waals surface area (Å²) in [6.45, 7) is 0. The predicted octanol–water partition coefficient (Wildman–Crippen LogP) is 2.75. The van der Waals surface area contributed by atoms with E-state index in [0.29, 0.717) is 11.4 Å². The summed E-state index contributed by atoms with van der Waals surface area (Å²) in [7, 11) is 0.